The molecule has 3 heterocycles. The maximum atomic E-state index is 12.1. The molecule has 0 aliphatic carbocycles. The van der Waals surface area contributed by atoms with Crippen LogP contribution < -0.4 is 15.5 Å². The summed E-state index contributed by atoms with van der Waals surface area (Å²) in [5.41, 5.74) is 1.27. The highest BCUT2D eigenvalue weighted by Gasteiger charge is 2.21. The number of amides is 2. The Labute approximate surface area is 188 Å². The Morgan fingerprint density at radius 1 is 1.10 bits per heavy atom. The largest absolute Gasteiger partial charge is 0.378 e. The third-order valence-corrected chi connectivity index (χ3v) is 5.66. The molecule has 4 rings (SSSR count). The zero-order valence-corrected chi connectivity index (χ0v) is 18.3. The summed E-state index contributed by atoms with van der Waals surface area (Å²) in [6, 6.07) is 8.68. The Balaban J connectivity index is 1.52. The Bertz CT molecular complexity index is 1050. The first kappa shape index (κ1) is 21.3. The van der Waals surface area contributed by atoms with Crippen molar-refractivity contribution in [2.45, 2.75) is 4.90 Å². The van der Waals surface area contributed by atoms with E-state index in [9.17, 15) is 4.79 Å². The van der Waals surface area contributed by atoms with Gasteiger partial charge in [-0.1, -0.05) is 29.8 Å². The standard InChI is InChI=1S/C20H20ClN7O2S/c1-31-15-16(21)25-17(26-18(15)28-7-9-30-10-8-28)13-11-22-19(23-12-13)27-20(29)24-14-5-3-2-4-6-14/h2-6,11-12H,7-10H2,1H3,(H2,22,23,24,27,29). The van der Waals surface area contributed by atoms with Crippen LogP contribution in [0.2, 0.25) is 5.15 Å². The number of aromatic nitrogens is 4. The van der Waals surface area contributed by atoms with Crippen LogP contribution in [0.4, 0.5) is 22.2 Å². The lowest BCUT2D eigenvalue weighted by Gasteiger charge is -2.29. The van der Waals surface area contributed by atoms with Crippen molar-refractivity contribution in [3.05, 3.63) is 47.9 Å². The van der Waals surface area contributed by atoms with Gasteiger partial charge in [0.1, 0.15) is 11.0 Å². The third kappa shape index (κ3) is 5.22. The summed E-state index contributed by atoms with van der Waals surface area (Å²) < 4.78 is 5.44. The molecule has 1 fully saturated rings. The molecule has 9 nitrogen and oxygen atoms in total. The number of morpholine rings is 1. The number of hydrogen-bond donors (Lipinski definition) is 2. The van der Waals surface area contributed by atoms with E-state index >= 15 is 0 Å². The van der Waals surface area contributed by atoms with Crippen LogP contribution in [0.5, 0.6) is 0 Å². The number of benzene rings is 1. The van der Waals surface area contributed by atoms with Gasteiger partial charge in [-0.2, -0.15) is 0 Å². The topological polar surface area (TPSA) is 105 Å². The third-order valence-electron chi connectivity index (χ3n) is 4.49. The number of ether oxygens (including phenoxy) is 1. The van der Waals surface area contributed by atoms with E-state index in [0.29, 0.717) is 35.4 Å². The first-order valence-electron chi connectivity index (χ1n) is 9.53. The molecule has 3 aromatic rings. The molecular weight excluding hydrogens is 438 g/mol. The fourth-order valence-electron chi connectivity index (χ4n) is 3.00. The lowest BCUT2D eigenvalue weighted by atomic mass is 10.3. The second kappa shape index (κ2) is 9.90. The van der Waals surface area contributed by atoms with Gasteiger partial charge in [-0.05, 0) is 18.4 Å². The summed E-state index contributed by atoms with van der Waals surface area (Å²) in [5, 5.41) is 5.69. The van der Waals surface area contributed by atoms with Crippen molar-refractivity contribution in [3.63, 3.8) is 0 Å². The highest BCUT2D eigenvalue weighted by atomic mass is 35.5. The Morgan fingerprint density at radius 3 is 2.48 bits per heavy atom. The molecule has 1 aliphatic rings. The molecule has 1 aliphatic heterocycles. The molecule has 0 bridgehead atoms. The molecule has 1 saturated heterocycles. The SMILES string of the molecule is CSc1c(Cl)nc(-c2cnc(NC(=O)Nc3ccccc3)nc2)nc1N1CCOCC1. The molecule has 31 heavy (non-hydrogen) atoms. The van der Waals surface area contributed by atoms with E-state index in [4.69, 9.17) is 21.3 Å². The smallest absolute Gasteiger partial charge is 0.326 e. The Kier molecular flexibility index (Phi) is 6.80. The van der Waals surface area contributed by atoms with Gasteiger partial charge in [0.25, 0.3) is 0 Å². The van der Waals surface area contributed by atoms with Crippen molar-refractivity contribution in [1.29, 1.82) is 0 Å². The molecular formula is C20H20ClN7O2S. The number of carbonyl (C=O) groups excluding carboxylic acids is 1. The van der Waals surface area contributed by atoms with Crippen LogP contribution in [0.3, 0.4) is 0 Å². The zero-order valence-electron chi connectivity index (χ0n) is 16.7. The quantitative estimate of drug-likeness (QED) is 0.440. The first-order valence-corrected chi connectivity index (χ1v) is 11.1. The van der Waals surface area contributed by atoms with Gasteiger partial charge in [-0.3, -0.25) is 5.32 Å². The molecule has 11 heteroatoms. The number of nitrogens with zero attached hydrogens (tertiary/aromatic N) is 5. The normalized spacial score (nSPS) is 13.7. The highest BCUT2D eigenvalue weighted by Crippen LogP contribution is 2.34. The molecule has 2 N–H and O–H groups in total. The Hall–Kier alpha value is -2.95. The van der Waals surface area contributed by atoms with E-state index in [1.54, 1.807) is 24.5 Å². The van der Waals surface area contributed by atoms with Crippen LogP contribution in [0.1, 0.15) is 0 Å². The van der Waals surface area contributed by atoms with Crippen LogP contribution in [0.15, 0.2) is 47.6 Å². The Morgan fingerprint density at radius 2 is 1.81 bits per heavy atom. The number of thioether (sulfide) groups is 1. The van der Waals surface area contributed by atoms with Gasteiger partial charge in [0.05, 0.1) is 23.7 Å². The molecule has 0 saturated carbocycles. The van der Waals surface area contributed by atoms with Gasteiger partial charge in [-0.25, -0.2) is 24.7 Å². The van der Waals surface area contributed by atoms with Gasteiger partial charge in [0.15, 0.2) is 5.82 Å². The number of urea groups is 1. The number of rotatable bonds is 5. The fourth-order valence-corrected chi connectivity index (χ4v) is 3.97. The zero-order chi connectivity index (χ0) is 21.6. The molecule has 0 radical (unpaired) electrons. The lowest BCUT2D eigenvalue weighted by Crippen LogP contribution is -2.37. The average molecular weight is 458 g/mol. The van der Waals surface area contributed by atoms with Crippen LogP contribution in [-0.4, -0.2) is 58.5 Å². The predicted octanol–water partition coefficient (Wildman–Crippen LogP) is 3.79. The highest BCUT2D eigenvalue weighted by molar-refractivity contribution is 7.98. The summed E-state index contributed by atoms with van der Waals surface area (Å²) >= 11 is 7.95. The van der Waals surface area contributed by atoms with Crippen molar-refractivity contribution < 1.29 is 9.53 Å². The summed E-state index contributed by atoms with van der Waals surface area (Å²) in [7, 11) is 0. The maximum absolute atomic E-state index is 12.1. The molecule has 2 amide bonds. The van der Waals surface area contributed by atoms with Crippen molar-refractivity contribution in [2.24, 2.45) is 0 Å². The van der Waals surface area contributed by atoms with Crippen LogP contribution in [-0.2, 0) is 4.74 Å². The molecule has 1 aromatic carbocycles. The van der Waals surface area contributed by atoms with E-state index < -0.39 is 6.03 Å². The van der Waals surface area contributed by atoms with Crippen LogP contribution in [0, 0.1) is 0 Å². The molecule has 2 aromatic heterocycles. The second-order valence-electron chi connectivity index (χ2n) is 6.53. The second-order valence-corrected chi connectivity index (χ2v) is 7.71. The van der Waals surface area contributed by atoms with Crippen molar-refractivity contribution in [2.75, 3.05) is 48.1 Å². The van der Waals surface area contributed by atoms with E-state index in [1.807, 2.05) is 24.5 Å². The van der Waals surface area contributed by atoms with Crippen molar-refractivity contribution in [3.8, 4) is 11.4 Å². The summed E-state index contributed by atoms with van der Waals surface area (Å²) in [5.74, 6) is 1.36. The van der Waals surface area contributed by atoms with Gasteiger partial charge >= 0.3 is 6.03 Å². The molecule has 0 spiro atoms. The molecule has 0 atom stereocenters. The minimum Gasteiger partial charge on any atom is -0.378 e. The van der Waals surface area contributed by atoms with E-state index in [2.05, 4.69) is 30.5 Å². The molecule has 160 valence electrons. The van der Waals surface area contributed by atoms with E-state index in [0.717, 1.165) is 23.8 Å². The number of halogens is 1. The monoisotopic (exact) mass is 457 g/mol. The summed E-state index contributed by atoms with van der Waals surface area (Å²) in [6.07, 6.45) is 5.05. The van der Waals surface area contributed by atoms with Gasteiger partial charge in [-0.15, -0.1) is 11.8 Å². The van der Waals surface area contributed by atoms with Crippen molar-refractivity contribution in [1.82, 2.24) is 19.9 Å². The van der Waals surface area contributed by atoms with Gasteiger partial charge in [0, 0.05) is 31.2 Å². The van der Waals surface area contributed by atoms with Crippen LogP contribution >= 0.6 is 23.4 Å². The summed E-state index contributed by atoms with van der Waals surface area (Å²) in [4.78, 5) is 32.6. The maximum Gasteiger partial charge on any atom is 0.326 e. The number of nitrogens with one attached hydrogen (secondary N) is 2. The lowest BCUT2D eigenvalue weighted by molar-refractivity contribution is 0.122. The first-order chi connectivity index (χ1) is 15.1. The minimum atomic E-state index is -0.433. The number of hydrogen-bond acceptors (Lipinski definition) is 8. The van der Waals surface area contributed by atoms with Crippen molar-refractivity contribution >= 4 is 46.8 Å². The van der Waals surface area contributed by atoms with Crippen LogP contribution in [0.25, 0.3) is 11.4 Å². The van der Waals surface area contributed by atoms with E-state index in [-0.39, 0.29) is 5.95 Å². The molecule has 0 unspecified atom stereocenters. The fraction of sp³-hybridized carbons (Fsp3) is 0.250. The summed E-state index contributed by atoms with van der Waals surface area (Å²) in [6.45, 7) is 2.74. The van der Waals surface area contributed by atoms with E-state index in [1.165, 1.54) is 11.8 Å². The van der Waals surface area contributed by atoms with Gasteiger partial charge < -0.3 is 15.0 Å². The van der Waals surface area contributed by atoms with Gasteiger partial charge in [0.2, 0.25) is 5.95 Å². The minimum absolute atomic E-state index is 0.164. The number of anilines is 3. The predicted molar refractivity (Wildman–Crippen MR) is 122 cm³/mol. The number of carbonyl (C=O) groups is 1. The average Bonchev–Trinajstić information content (AvgIpc) is 2.80. The number of para-hydroxylation sites is 1.